The number of carbonyl (C=O) groups is 3. The van der Waals surface area contributed by atoms with Crippen molar-refractivity contribution in [3.8, 4) is 11.5 Å². The van der Waals surface area contributed by atoms with Crippen molar-refractivity contribution < 1.29 is 52.6 Å². The second-order valence-corrected chi connectivity index (χ2v) is 12.6. The molecule has 1 fully saturated rings. The zero-order chi connectivity index (χ0) is 35.6. The maximum absolute atomic E-state index is 13.8. The number of cyclic esters (lactones) is 1. The molecule has 1 amide bonds. The first kappa shape index (κ1) is 37.6. The number of esters is 2. The Kier molecular flexibility index (Phi) is 13.4. The maximum atomic E-state index is 13.8. The van der Waals surface area contributed by atoms with Gasteiger partial charge < -0.3 is 43.6 Å². The maximum Gasteiger partial charge on any atom is 0.342 e. The van der Waals surface area contributed by atoms with E-state index in [0.717, 1.165) is 0 Å². The van der Waals surface area contributed by atoms with Crippen LogP contribution in [-0.4, -0.2) is 86.8 Å². The van der Waals surface area contributed by atoms with Crippen molar-refractivity contribution in [3.05, 3.63) is 77.4 Å². The molecule has 5 unspecified atom stereocenters. The standard InChI is InChI=1S/C37H47NO11/c1-23-15-16-28(20-45-35(41)26-11-8-7-9-12-26)34-31(48-37(4,5)49-34)14-10-13-27-17-30(44-21-29(40)19-38-25(3)39)18-32(46-22-43-6)33(27)36(42)47-24(23)2/h7-13,15-18,23-24,28-29,31,34,40H,14,19-22H2,1-6H3,(H,38,39)/b13-10+,16-15-/t23-,24?,28?,29?,31?,34?/m1/s1. The molecule has 1 saturated heterocycles. The summed E-state index contributed by atoms with van der Waals surface area (Å²) in [6.45, 7) is 8.54. The van der Waals surface area contributed by atoms with Crippen LogP contribution in [0.25, 0.3) is 6.08 Å². The van der Waals surface area contributed by atoms with Crippen molar-refractivity contribution in [2.24, 2.45) is 11.8 Å². The van der Waals surface area contributed by atoms with Crippen molar-refractivity contribution in [1.82, 2.24) is 5.32 Å². The Hall–Kier alpha value is -4.23. The Morgan fingerprint density at radius 3 is 2.55 bits per heavy atom. The van der Waals surface area contributed by atoms with E-state index in [-0.39, 0.29) is 55.6 Å². The monoisotopic (exact) mass is 681 g/mol. The minimum Gasteiger partial charge on any atom is -0.491 e. The van der Waals surface area contributed by atoms with E-state index >= 15 is 0 Å². The van der Waals surface area contributed by atoms with Crippen molar-refractivity contribution >= 4 is 23.9 Å². The molecular weight excluding hydrogens is 634 g/mol. The fraction of sp³-hybridized carbons (Fsp3) is 0.486. The summed E-state index contributed by atoms with van der Waals surface area (Å²) >= 11 is 0. The molecule has 0 aromatic heterocycles. The van der Waals surface area contributed by atoms with Crippen LogP contribution in [0.1, 0.15) is 67.3 Å². The van der Waals surface area contributed by atoms with E-state index in [4.69, 9.17) is 33.2 Å². The van der Waals surface area contributed by atoms with Gasteiger partial charge in [0.2, 0.25) is 5.91 Å². The number of carbonyl (C=O) groups excluding carboxylic acids is 3. The topological polar surface area (TPSA) is 148 Å². The molecular formula is C37H47NO11. The zero-order valence-electron chi connectivity index (χ0n) is 28.9. The number of aliphatic hydroxyl groups is 1. The third-order valence-electron chi connectivity index (χ3n) is 8.09. The van der Waals surface area contributed by atoms with Crippen molar-refractivity contribution in [1.29, 1.82) is 0 Å². The van der Waals surface area contributed by atoms with Crippen LogP contribution in [0.4, 0.5) is 0 Å². The third-order valence-corrected chi connectivity index (χ3v) is 8.09. The summed E-state index contributed by atoms with van der Waals surface area (Å²) in [7, 11) is 1.46. The Balaban J connectivity index is 1.67. The highest BCUT2D eigenvalue weighted by Gasteiger charge is 2.44. The lowest BCUT2D eigenvalue weighted by Crippen LogP contribution is -2.34. The Bertz CT molecular complexity index is 1490. The van der Waals surface area contributed by atoms with E-state index in [1.807, 2.05) is 45.1 Å². The van der Waals surface area contributed by atoms with Gasteiger partial charge in [0, 0.05) is 38.5 Å². The Morgan fingerprint density at radius 1 is 1.08 bits per heavy atom. The molecule has 2 aromatic carbocycles. The van der Waals surface area contributed by atoms with E-state index in [1.165, 1.54) is 20.1 Å². The summed E-state index contributed by atoms with van der Waals surface area (Å²) < 4.78 is 41.2. The van der Waals surface area contributed by atoms with Crippen LogP contribution in [-0.2, 0) is 28.5 Å². The molecule has 0 bridgehead atoms. The summed E-state index contributed by atoms with van der Waals surface area (Å²) in [5, 5.41) is 12.8. The average Bonchev–Trinajstić information content (AvgIpc) is 3.38. The van der Waals surface area contributed by atoms with Crippen LogP contribution in [0.3, 0.4) is 0 Å². The average molecular weight is 682 g/mol. The summed E-state index contributed by atoms with van der Waals surface area (Å²) in [6.07, 6.45) is 5.45. The van der Waals surface area contributed by atoms with Crippen LogP contribution in [0.2, 0.25) is 0 Å². The molecule has 2 aliphatic rings. The van der Waals surface area contributed by atoms with Gasteiger partial charge in [0.1, 0.15) is 42.5 Å². The summed E-state index contributed by atoms with van der Waals surface area (Å²) in [5.74, 6) is -2.35. The predicted octanol–water partition coefficient (Wildman–Crippen LogP) is 4.69. The van der Waals surface area contributed by atoms with E-state index in [2.05, 4.69) is 5.32 Å². The van der Waals surface area contributed by atoms with E-state index in [9.17, 15) is 19.5 Å². The molecule has 2 heterocycles. The molecule has 266 valence electrons. The zero-order valence-corrected chi connectivity index (χ0v) is 28.9. The number of hydrogen-bond acceptors (Lipinski definition) is 11. The molecule has 0 aliphatic carbocycles. The number of aliphatic hydroxyl groups excluding tert-OH is 1. The summed E-state index contributed by atoms with van der Waals surface area (Å²) in [6, 6.07) is 12.0. The second-order valence-electron chi connectivity index (χ2n) is 12.6. The molecule has 2 aliphatic heterocycles. The second kappa shape index (κ2) is 17.4. The van der Waals surface area contributed by atoms with Gasteiger partial charge >= 0.3 is 11.9 Å². The Morgan fingerprint density at radius 2 is 1.84 bits per heavy atom. The first-order chi connectivity index (χ1) is 23.4. The number of ether oxygens (including phenoxy) is 7. The molecule has 2 aromatic rings. The molecule has 49 heavy (non-hydrogen) atoms. The quantitative estimate of drug-likeness (QED) is 0.193. The van der Waals surface area contributed by atoms with Gasteiger partial charge in [-0.15, -0.1) is 0 Å². The fourth-order valence-electron chi connectivity index (χ4n) is 5.43. The van der Waals surface area contributed by atoms with Gasteiger partial charge in [-0.05, 0) is 51.0 Å². The van der Waals surface area contributed by atoms with Crippen molar-refractivity contribution in [3.63, 3.8) is 0 Å². The van der Waals surface area contributed by atoms with E-state index < -0.39 is 42.1 Å². The smallest absolute Gasteiger partial charge is 0.342 e. The van der Waals surface area contributed by atoms with Gasteiger partial charge in [-0.2, -0.15) is 0 Å². The van der Waals surface area contributed by atoms with E-state index in [1.54, 1.807) is 43.3 Å². The van der Waals surface area contributed by atoms with Crippen LogP contribution >= 0.6 is 0 Å². The highest BCUT2D eigenvalue weighted by molar-refractivity contribution is 5.97. The van der Waals surface area contributed by atoms with Crippen LogP contribution in [0.5, 0.6) is 11.5 Å². The molecule has 12 heteroatoms. The first-order valence-corrected chi connectivity index (χ1v) is 16.4. The number of hydrogen-bond donors (Lipinski definition) is 2. The largest absolute Gasteiger partial charge is 0.491 e. The lowest BCUT2D eigenvalue weighted by Gasteiger charge is -2.25. The van der Waals surface area contributed by atoms with Crippen LogP contribution in [0.15, 0.2) is 60.7 Å². The summed E-state index contributed by atoms with van der Waals surface area (Å²) in [5.41, 5.74) is 1.06. The van der Waals surface area contributed by atoms with Crippen molar-refractivity contribution in [2.75, 3.05) is 33.7 Å². The first-order valence-electron chi connectivity index (χ1n) is 16.4. The lowest BCUT2D eigenvalue weighted by atomic mass is 9.93. The molecule has 6 atom stereocenters. The van der Waals surface area contributed by atoms with Crippen LogP contribution in [0, 0.1) is 11.8 Å². The summed E-state index contributed by atoms with van der Waals surface area (Å²) in [4.78, 5) is 37.9. The van der Waals surface area contributed by atoms with Gasteiger partial charge in [0.15, 0.2) is 12.6 Å². The minimum absolute atomic E-state index is 0.0114. The van der Waals surface area contributed by atoms with Gasteiger partial charge in [0.05, 0.1) is 17.8 Å². The highest BCUT2D eigenvalue weighted by atomic mass is 16.8. The van der Waals surface area contributed by atoms with Gasteiger partial charge in [-0.1, -0.05) is 49.4 Å². The number of benzene rings is 2. The number of amides is 1. The SMILES string of the molecule is COCOc1cc(OCC(O)CNC(C)=O)cc2c1C(=O)OC(C)[C@H](C)/C=C\C(COC(=O)c1ccccc1)C1OC(C)(C)OC1C/C=C/2. The Labute approximate surface area is 287 Å². The number of methoxy groups -OCH3 is 1. The number of nitrogens with one attached hydrogen (secondary N) is 1. The number of fused-ring (bicyclic) bond motifs is 2. The highest BCUT2D eigenvalue weighted by Crippen LogP contribution is 2.37. The lowest BCUT2D eigenvalue weighted by molar-refractivity contribution is -0.149. The molecule has 12 nitrogen and oxygen atoms in total. The van der Waals surface area contributed by atoms with Gasteiger partial charge in [-0.3, -0.25) is 4.79 Å². The van der Waals surface area contributed by atoms with Crippen molar-refractivity contribution in [2.45, 2.75) is 71.2 Å². The molecule has 0 radical (unpaired) electrons. The molecule has 0 saturated carbocycles. The van der Waals surface area contributed by atoms with E-state index in [0.29, 0.717) is 23.3 Å². The minimum atomic E-state index is -0.975. The predicted molar refractivity (Wildman–Crippen MR) is 180 cm³/mol. The third kappa shape index (κ3) is 10.9. The van der Waals surface area contributed by atoms with Crippen LogP contribution < -0.4 is 14.8 Å². The normalized spacial score (nSPS) is 25.4. The molecule has 4 rings (SSSR count). The fourth-order valence-corrected chi connectivity index (χ4v) is 5.43. The molecule has 2 N–H and O–H groups in total. The number of rotatable bonds is 11. The molecule has 0 spiro atoms. The van der Waals surface area contributed by atoms with Gasteiger partial charge in [-0.25, -0.2) is 9.59 Å². The van der Waals surface area contributed by atoms with Gasteiger partial charge in [0.25, 0.3) is 0 Å².